The van der Waals surface area contributed by atoms with Gasteiger partial charge in [0.1, 0.15) is 0 Å². The molecule has 0 spiro atoms. The smallest absolute Gasteiger partial charge is 0.00717 e. The van der Waals surface area contributed by atoms with Gasteiger partial charge in [-0.15, -0.1) is 0 Å². The van der Waals surface area contributed by atoms with Crippen molar-refractivity contribution in [2.24, 2.45) is 0 Å². The molecule has 0 N–H and O–H groups in total. The summed E-state index contributed by atoms with van der Waals surface area (Å²) in [7, 11) is 0. The second-order valence-electron chi connectivity index (χ2n) is 2.46. The molecule has 0 atom stereocenters. The van der Waals surface area contributed by atoms with Crippen molar-refractivity contribution in [3.63, 3.8) is 0 Å². The first-order valence-corrected chi connectivity index (χ1v) is 3.69. The molecule has 0 unspecified atom stereocenters. The van der Waals surface area contributed by atoms with Gasteiger partial charge in [-0.2, -0.15) is 0 Å². The van der Waals surface area contributed by atoms with Crippen LogP contribution in [-0.2, 0) is 0 Å². The SMILES string of the molecule is CC(C)=C/C=C/C(C)=C/Cl. The Bertz CT molecular complexity index is 169. The van der Waals surface area contributed by atoms with E-state index >= 15 is 0 Å². The molecule has 0 heterocycles. The molecule has 0 aromatic heterocycles. The molecule has 10 heavy (non-hydrogen) atoms. The van der Waals surface area contributed by atoms with Gasteiger partial charge in [0, 0.05) is 5.54 Å². The van der Waals surface area contributed by atoms with E-state index < -0.39 is 0 Å². The monoisotopic (exact) mass is 156 g/mol. The molecule has 0 aliphatic carbocycles. The van der Waals surface area contributed by atoms with E-state index in [2.05, 4.69) is 13.8 Å². The summed E-state index contributed by atoms with van der Waals surface area (Å²) in [5, 5.41) is 0. The summed E-state index contributed by atoms with van der Waals surface area (Å²) in [5.74, 6) is 0. The Morgan fingerprint density at radius 1 is 1.20 bits per heavy atom. The van der Waals surface area contributed by atoms with Crippen LogP contribution in [0.1, 0.15) is 20.8 Å². The van der Waals surface area contributed by atoms with Crippen LogP contribution in [0.15, 0.2) is 34.9 Å². The molecule has 0 rings (SSSR count). The molecule has 0 amide bonds. The van der Waals surface area contributed by atoms with E-state index in [-0.39, 0.29) is 0 Å². The first-order chi connectivity index (χ1) is 4.66. The van der Waals surface area contributed by atoms with Crippen LogP contribution in [0.3, 0.4) is 0 Å². The van der Waals surface area contributed by atoms with Crippen molar-refractivity contribution in [2.75, 3.05) is 0 Å². The molecule has 0 aliphatic heterocycles. The van der Waals surface area contributed by atoms with Crippen molar-refractivity contribution in [3.8, 4) is 0 Å². The van der Waals surface area contributed by atoms with Crippen LogP contribution in [0.25, 0.3) is 0 Å². The lowest BCUT2D eigenvalue weighted by Gasteiger charge is -1.84. The minimum Gasteiger partial charge on any atom is -0.0927 e. The molecule has 0 saturated carbocycles. The van der Waals surface area contributed by atoms with Gasteiger partial charge in [-0.25, -0.2) is 0 Å². The predicted octanol–water partition coefficient (Wildman–Crippen LogP) is 3.65. The second-order valence-corrected chi connectivity index (χ2v) is 2.67. The van der Waals surface area contributed by atoms with E-state index in [1.165, 1.54) is 5.57 Å². The lowest BCUT2D eigenvalue weighted by Crippen LogP contribution is -1.63. The average molecular weight is 157 g/mol. The fourth-order valence-electron chi connectivity index (χ4n) is 0.429. The predicted molar refractivity (Wildman–Crippen MR) is 48.2 cm³/mol. The Balaban J connectivity index is 3.90. The Hall–Kier alpha value is -0.490. The molecule has 0 saturated heterocycles. The van der Waals surface area contributed by atoms with Gasteiger partial charge in [0.15, 0.2) is 0 Å². The number of allylic oxidation sites excluding steroid dienone is 5. The number of hydrogen-bond donors (Lipinski definition) is 0. The van der Waals surface area contributed by atoms with Gasteiger partial charge in [-0.1, -0.05) is 35.4 Å². The number of halogens is 1. The number of rotatable bonds is 2. The van der Waals surface area contributed by atoms with Crippen molar-refractivity contribution >= 4 is 11.6 Å². The summed E-state index contributed by atoms with van der Waals surface area (Å²) in [6.45, 7) is 6.08. The lowest BCUT2D eigenvalue weighted by atomic mass is 10.2. The Morgan fingerprint density at radius 2 is 1.80 bits per heavy atom. The average Bonchev–Trinajstić information content (AvgIpc) is 1.87. The van der Waals surface area contributed by atoms with Crippen molar-refractivity contribution in [2.45, 2.75) is 20.8 Å². The minimum absolute atomic E-state index is 1.07. The zero-order chi connectivity index (χ0) is 7.98. The van der Waals surface area contributed by atoms with E-state index in [1.807, 2.05) is 25.2 Å². The van der Waals surface area contributed by atoms with Gasteiger partial charge in [-0.05, 0) is 26.3 Å². The second kappa shape index (κ2) is 5.31. The van der Waals surface area contributed by atoms with E-state index in [4.69, 9.17) is 11.6 Å². The quantitative estimate of drug-likeness (QED) is 0.536. The van der Waals surface area contributed by atoms with Crippen molar-refractivity contribution in [1.82, 2.24) is 0 Å². The van der Waals surface area contributed by atoms with E-state index in [0.717, 1.165) is 5.57 Å². The highest BCUT2D eigenvalue weighted by Crippen LogP contribution is 1.98. The molecule has 0 nitrogen and oxygen atoms in total. The van der Waals surface area contributed by atoms with Crippen LogP contribution in [0, 0.1) is 0 Å². The third kappa shape index (κ3) is 5.64. The topological polar surface area (TPSA) is 0 Å². The maximum Gasteiger partial charge on any atom is 0.00717 e. The summed E-state index contributed by atoms with van der Waals surface area (Å²) >= 11 is 5.43. The normalized spacial score (nSPS) is 12.2. The molecular weight excluding hydrogens is 144 g/mol. The summed E-state index contributed by atoms with van der Waals surface area (Å²) in [6, 6.07) is 0. The Kier molecular flexibility index (Phi) is 5.05. The summed E-state index contributed by atoms with van der Waals surface area (Å²) < 4.78 is 0. The van der Waals surface area contributed by atoms with Gasteiger partial charge < -0.3 is 0 Å². The van der Waals surface area contributed by atoms with Gasteiger partial charge in [-0.3, -0.25) is 0 Å². The van der Waals surface area contributed by atoms with Crippen molar-refractivity contribution in [3.05, 3.63) is 34.9 Å². The zero-order valence-corrected chi connectivity index (χ0v) is 7.44. The first kappa shape index (κ1) is 9.51. The molecule has 0 aliphatic rings. The zero-order valence-electron chi connectivity index (χ0n) is 6.69. The number of hydrogen-bond acceptors (Lipinski definition) is 0. The molecule has 0 fully saturated rings. The van der Waals surface area contributed by atoms with Gasteiger partial charge in [0.25, 0.3) is 0 Å². The fourth-order valence-corrected chi connectivity index (χ4v) is 0.501. The highest BCUT2D eigenvalue weighted by molar-refractivity contribution is 6.25. The van der Waals surface area contributed by atoms with Crippen LogP contribution in [-0.4, -0.2) is 0 Å². The summed E-state index contributed by atoms with van der Waals surface area (Å²) in [5.41, 5.74) is 3.92. The van der Waals surface area contributed by atoms with Gasteiger partial charge in [0.05, 0.1) is 0 Å². The summed E-state index contributed by atoms with van der Waals surface area (Å²) in [4.78, 5) is 0. The molecule has 0 radical (unpaired) electrons. The highest BCUT2D eigenvalue weighted by Gasteiger charge is 1.75. The standard InChI is InChI=1S/C9H13Cl/c1-8(2)5-4-6-9(3)7-10/h4-7H,1-3H3/b6-4+,9-7+. The van der Waals surface area contributed by atoms with Crippen LogP contribution in [0.4, 0.5) is 0 Å². The summed E-state index contributed by atoms with van der Waals surface area (Å²) in [6.07, 6.45) is 6.01. The third-order valence-electron chi connectivity index (χ3n) is 0.961. The highest BCUT2D eigenvalue weighted by atomic mass is 35.5. The third-order valence-corrected chi connectivity index (χ3v) is 1.30. The Morgan fingerprint density at radius 3 is 2.20 bits per heavy atom. The van der Waals surface area contributed by atoms with E-state index in [1.54, 1.807) is 5.54 Å². The first-order valence-electron chi connectivity index (χ1n) is 3.25. The van der Waals surface area contributed by atoms with Crippen molar-refractivity contribution < 1.29 is 0 Å². The molecule has 1 heteroatoms. The van der Waals surface area contributed by atoms with Crippen LogP contribution in [0.5, 0.6) is 0 Å². The van der Waals surface area contributed by atoms with Crippen LogP contribution in [0.2, 0.25) is 0 Å². The van der Waals surface area contributed by atoms with Crippen LogP contribution >= 0.6 is 11.6 Å². The van der Waals surface area contributed by atoms with Crippen LogP contribution < -0.4 is 0 Å². The lowest BCUT2D eigenvalue weighted by molar-refractivity contribution is 1.39. The molecule has 56 valence electrons. The molecule has 0 aromatic rings. The van der Waals surface area contributed by atoms with Crippen molar-refractivity contribution in [1.29, 1.82) is 0 Å². The maximum atomic E-state index is 5.43. The van der Waals surface area contributed by atoms with E-state index in [9.17, 15) is 0 Å². The fraction of sp³-hybridized carbons (Fsp3) is 0.333. The molecule has 0 aromatic carbocycles. The maximum absolute atomic E-state index is 5.43. The molecular formula is C9H13Cl. The van der Waals surface area contributed by atoms with Gasteiger partial charge >= 0.3 is 0 Å². The van der Waals surface area contributed by atoms with E-state index in [0.29, 0.717) is 0 Å². The Labute approximate surface area is 67.9 Å². The molecule has 0 bridgehead atoms. The largest absolute Gasteiger partial charge is 0.0927 e. The van der Waals surface area contributed by atoms with Gasteiger partial charge in [0.2, 0.25) is 0 Å². The minimum atomic E-state index is 1.07.